The van der Waals surface area contributed by atoms with Gasteiger partial charge >= 0.3 is 0 Å². The van der Waals surface area contributed by atoms with Gasteiger partial charge in [-0.1, -0.05) is 71.7 Å². The summed E-state index contributed by atoms with van der Waals surface area (Å²) in [5.41, 5.74) is 5.72. The molecule has 6 nitrogen and oxygen atoms in total. The molecule has 1 heterocycles. The Bertz CT molecular complexity index is 1240. The van der Waals surface area contributed by atoms with Gasteiger partial charge in [0, 0.05) is 11.1 Å². The third kappa shape index (κ3) is 5.35. The Labute approximate surface area is 194 Å². The lowest BCUT2D eigenvalue weighted by atomic mass is 10.1. The molecule has 32 heavy (non-hydrogen) atoms. The molecule has 0 aliphatic heterocycles. The van der Waals surface area contributed by atoms with Crippen LogP contribution in [0.3, 0.4) is 0 Å². The Kier molecular flexibility index (Phi) is 6.84. The molecule has 1 aromatic heterocycles. The number of rotatable bonds is 7. The minimum atomic E-state index is -0.445. The average Bonchev–Trinajstić information content (AvgIpc) is 3.31. The van der Waals surface area contributed by atoms with Crippen LogP contribution in [0.4, 0.5) is 0 Å². The zero-order chi connectivity index (χ0) is 22.3. The monoisotopic (exact) mass is 464 g/mol. The van der Waals surface area contributed by atoms with Crippen LogP contribution in [0.15, 0.2) is 84.0 Å². The summed E-state index contributed by atoms with van der Waals surface area (Å²) in [5, 5.41) is 11.8. The van der Waals surface area contributed by atoms with Gasteiger partial charge in [0.1, 0.15) is 18.1 Å². The van der Waals surface area contributed by atoms with Crippen LogP contribution in [0.2, 0.25) is 10.0 Å². The number of ether oxygens (including phenoxy) is 1. The van der Waals surface area contributed by atoms with Crippen molar-refractivity contribution in [3.63, 3.8) is 0 Å². The van der Waals surface area contributed by atoms with Crippen LogP contribution in [-0.4, -0.2) is 22.3 Å². The molecule has 4 aromatic rings. The van der Waals surface area contributed by atoms with Gasteiger partial charge in [-0.3, -0.25) is 9.89 Å². The van der Waals surface area contributed by atoms with E-state index in [-0.39, 0.29) is 5.69 Å². The number of H-pyrrole nitrogens is 1. The normalized spacial score (nSPS) is 10.9. The summed E-state index contributed by atoms with van der Waals surface area (Å²) in [5.74, 6) is 0.265. The zero-order valence-corrected chi connectivity index (χ0v) is 18.3. The minimum Gasteiger partial charge on any atom is -0.489 e. The molecule has 0 spiro atoms. The van der Waals surface area contributed by atoms with Crippen molar-refractivity contribution < 1.29 is 9.53 Å². The molecule has 1 amide bonds. The van der Waals surface area contributed by atoms with Crippen LogP contribution in [0.5, 0.6) is 5.75 Å². The first-order valence-corrected chi connectivity index (χ1v) is 10.5. The van der Waals surface area contributed by atoms with Gasteiger partial charge in [0.25, 0.3) is 5.91 Å². The summed E-state index contributed by atoms with van der Waals surface area (Å²) >= 11 is 12.2. The highest BCUT2D eigenvalue weighted by Gasteiger charge is 2.11. The standard InChI is InChI=1S/C24H18Cl2N4O2/c25-20-10-5-11-21(26)19(20)14-27-30-24(31)23-13-22(28-29-23)17-8-4-9-18(12-17)32-15-16-6-2-1-3-7-16/h1-14H,15H2,(H,28,29)(H,30,31). The van der Waals surface area contributed by atoms with Crippen LogP contribution in [-0.2, 0) is 6.61 Å². The number of aromatic nitrogens is 2. The molecule has 0 saturated carbocycles. The molecule has 160 valence electrons. The molecular formula is C24H18Cl2N4O2. The topological polar surface area (TPSA) is 79.4 Å². The number of benzene rings is 3. The molecule has 0 saturated heterocycles. The number of amides is 1. The van der Waals surface area contributed by atoms with Crippen molar-refractivity contribution >= 4 is 35.3 Å². The van der Waals surface area contributed by atoms with Gasteiger partial charge in [0.15, 0.2) is 0 Å². The Morgan fingerprint density at radius 3 is 2.53 bits per heavy atom. The number of carbonyl (C=O) groups excluding carboxylic acids is 1. The predicted molar refractivity (Wildman–Crippen MR) is 126 cm³/mol. The van der Waals surface area contributed by atoms with Crippen molar-refractivity contribution in [3.05, 3.63) is 106 Å². The number of hydrogen-bond acceptors (Lipinski definition) is 4. The molecule has 0 atom stereocenters. The second-order valence-electron chi connectivity index (χ2n) is 6.80. The second kappa shape index (κ2) is 10.1. The van der Waals surface area contributed by atoms with E-state index in [0.717, 1.165) is 11.1 Å². The van der Waals surface area contributed by atoms with Crippen LogP contribution >= 0.6 is 23.2 Å². The van der Waals surface area contributed by atoms with E-state index in [0.29, 0.717) is 33.7 Å². The van der Waals surface area contributed by atoms with E-state index < -0.39 is 5.91 Å². The van der Waals surface area contributed by atoms with Gasteiger partial charge in [-0.2, -0.15) is 10.2 Å². The van der Waals surface area contributed by atoms with Gasteiger partial charge in [0.2, 0.25) is 0 Å². The molecule has 0 radical (unpaired) electrons. The lowest BCUT2D eigenvalue weighted by Crippen LogP contribution is -2.18. The van der Waals surface area contributed by atoms with Crippen LogP contribution in [0.25, 0.3) is 11.3 Å². The lowest BCUT2D eigenvalue weighted by molar-refractivity contribution is 0.0950. The van der Waals surface area contributed by atoms with Gasteiger partial charge in [0.05, 0.1) is 22.0 Å². The fourth-order valence-corrected chi connectivity index (χ4v) is 3.42. The van der Waals surface area contributed by atoms with Crippen molar-refractivity contribution in [1.29, 1.82) is 0 Å². The maximum Gasteiger partial charge on any atom is 0.289 e. The lowest BCUT2D eigenvalue weighted by Gasteiger charge is -2.07. The highest BCUT2D eigenvalue weighted by molar-refractivity contribution is 6.38. The van der Waals surface area contributed by atoms with E-state index in [1.807, 2.05) is 54.6 Å². The zero-order valence-electron chi connectivity index (χ0n) is 16.8. The first-order chi connectivity index (χ1) is 15.6. The molecule has 2 N–H and O–H groups in total. The fraction of sp³-hybridized carbons (Fsp3) is 0.0417. The number of hydrazone groups is 1. The quantitative estimate of drug-likeness (QED) is 0.270. The van der Waals surface area contributed by atoms with E-state index in [2.05, 4.69) is 20.7 Å². The Morgan fingerprint density at radius 1 is 1.00 bits per heavy atom. The van der Waals surface area contributed by atoms with E-state index >= 15 is 0 Å². The average molecular weight is 465 g/mol. The van der Waals surface area contributed by atoms with Gasteiger partial charge in [-0.05, 0) is 35.9 Å². The van der Waals surface area contributed by atoms with Crippen molar-refractivity contribution in [3.8, 4) is 17.0 Å². The summed E-state index contributed by atoms with van der Waals surface area (Å²) in [7, 11) is 0. The molecule has 0 aliphatic rings. The van der Waals surface area contributed by atoms with Gasteiger partial charge in [-0.15, -0.1) is 0 Å². The smallest absolute Gasteiger partial charge is 0.289 e. The number of nitrogens with zero attached hydrogens (tertiary/aromatic N) is 2. The number of nitrogens with one attached hydrogen (secondary N) is 2. The third-order valence-corrected chi connectivity index (χ3v) is 5.22. The van der Waals surface area contributed by atoms with Crippen LogP contribution < -0.4 is 10.2 Å². The first kappa shape index (κ1) is 21.6. The summed E-state index contributed by atoms with van der Waals surface area (Å²) in [4.78, 5) is 12.4. The molecule has 0 fully saturated rings. The van der Waals surface area contributed by atoms with Gasteiger partial charge < -0.3 is 4.74 Å². The molecular weight excluding hydrogens is 447 g/mol. The van der Waals surface area contributed by atoms with Crippen LogP contribution in [0, 0.1) is 0 Å². The second-order valence-corrected chi connectivity index (χ2v) is 7.62. The molecule has 3 aromatic carbocycles. The van der Waals surface area contributed by atoms with Crippen molar-refractivity contribution in [1.82, 2.24) is 15.6 Å². The summed E-state index contributed by atoms with van der Waals surface area (Å²) in [6, 6.07) is 24.2. The highest BCUT2D eigenvalue weighted by atomic mass is 35.5. The Morgan fingerprint density at radius 2 is 1.75 bits per heavy atom. The number of carbonyl (C=O) groups is 1. The number of aromatic amines is 1. The van der Waals surface area contributed by atoms with E-state index in [1.54, 1.807) is 24.3 Å². The molecule has 0 unspecified atom stereocenters. The molecule has 4 rings (SSSR count). The molecule has 0 aliphatic carbocycles. The van der Waals surface area contributed by atoms with E-state index in [4.69, 9.17) is 27.9 Å². The molecule has 8 heteroatoms. The van der Waals surface area contributed by atoms with E-state index in [1.165, 1.54) is 6.21 Å². The number of hydrogen-bond donors (Lipinski definition) is 2. The first-order valence-electron chi connectivity index (χ1n) is 9.70. The van der Waals surface area contributed by atoms with Crippen molar-refractivity contribution in [2.24, 2.45) is 5.10 Å². The van der Waals surface area contributed by atoms with Gasteiger partial charge in [-0.25, -0.2) is 5.43 Å². The molecule has 0 bridgehead atoms. The predicted octanol–water partition coefficient (Wildman–Crippen LogP) is 5.73. The highest BCUT2D eigenvalue weighted by Crippen LogP contribution is 2.24. The largest absolute Gasteiger partial charge is 0.489 e. The van der Waals surface area contributed by atoms with Crippen LogP contribution in [0.1, 0.15) is 21.6 Å². The summed E-state index contributed by atoms with van der Waals surface area (Å²) in [6.07, 6.45) is 1.40. The van der Waals surface area contributed by atoms with Crippen molar-refractivity contribution in [2.75, 3.05) is 0 Å². The maximum absolute atomic E-state index is 12.4. The van der Waals surface area contributed by atoms with E-state index in [9.17, 15) is 4.79 Å². The van der Waals surface area contributed by atoms with Crippen molar-refractivity contribution in [2.45, 2.75) is 6.61 Å². The Hall–Kier alpha value is -3.61. The minimum absolute atomic E-state index is 0.262. The summed E-state index contributed by atoms with van der Waals surface area (Å²) in [6.45, 7) is 0.464. The summed E-state index contributed by atoms with van der Waals surface area (Å²) < 4.78 is 5.86. The maximum atomic E-state index is 12.4. The Balaban J connectivity index is 1.41. The SMILES string of the molecule is O=C(NN=Cc1c(Cl)cccc1Cl)c1cc(-c2cccc(OCc3ccccc3)c2)n[nH]1. The third-order valence-electron chi connectivity index (χ3n) is 4.56. The number of halogens is 2. The fourth-order valence-electron chi connectivity index (χ4n) is 2.92.